The SMILES string of the molecule is COc1ccc(CC#N)c(OCc2ccccc2)c1OCc1ccccc1. The van der Waals surface area contributed by atoms with E-state index in [0.29, 0.717) is 30.5 Å². The minimum atomic E-state index is 0.232. The predicted octanol–water partition coefficient (Wildman–Crippen LogP) is 4.92. The number of ether oxygens (including phenoxy) is 3. The van der Waals surface area contributed by atoms with Crippen molar-refractivity contribution in [1.29, 1.82) is 5.26 Å². The molecule has 3 rings (SSSR count). The van der Waals surface area contributed by atoms with Gasteiger partial charge in [0.05, 0.1) is 19.6 Å². The molecule has 0 fully saturated rings. The van der Waals surface area contributed by atoms with E-state index in [0.717, 1.165) is 16.7 Å². The third-order valence-electron chi connectivity index (χ3n) is 4.10. The summed E-state index contributed by atoms with van der Waals surface area (Å²) in [6.07, 6.45) is 0.232. The van der Waals surface area contributed by atoms with E-state index in [1.165, 1.54) is 0 Å². The fourth-order valence-corrected chi connectivity index (χ4v) is 2.72. The van der Waals surface area contributed by atoms with Crippen molar-refractivity contribution in [3.63, 3.8) is 0 Å². The van der Waals surface area contributed by atoms with Crippen LogP contribution in [0.1, 0.15) is 16.7 Å². The summed E-state index contributed by atoms with van der Waals surface area (Å²) in [5.41, 5.74) is 2.86. The van der Waals surface area contributed by atoms with E-state index >= 15 is 0 Å². The molecule has 0 aliphatic rings. The highest BCUT2D eigenvalue weighted by Crippen LogP contribution is 2.41. The van der Waals surface area contributed by atoms with Gasteiger partial charge in [-0.3, -0.25) is 0 Å². The van der Waals surface area contributed by atoms with Crippen molar-refractivity contribution < 1.29 is 14.2 Å². The summed E-state index contributed by atoms with van der Waals surface area (Å²) in [6.45, 7) is 0.767. The van der Waals surface area contributed by atoms with Crippen LogP contribution in [0.4, 0.5) is 0 Å². The van der Waals surface area contributed by atoms with Crippen LogP contribution >= 0.6 is 0 Å². The first-order chi connectivity index (χ1) is 13.3. The Morgan fingerprint density at radius 3 is 1.81 bits per heavy atom. The van der Waals surface area contributed by atoms with E-state index in [9.17, 15) is 5.26 Å². The summed E-state index contributed by atoms with van der Waals surface area (Å²) in [4.78, 5) is 0. The van der Waals surface area contributed by atoms with Gasteiger partial charge in [0.15, 0.2) is 11.5 Å². The first kappa shape index (κ1) is 18.3. The molecule has 0 aromatic heterocycles. The second-order valence-electron chi connectivity index (χ2n) is 5.97. The Hall–Kier alpha value is -3.45. The molecule has 3 aromatic rings. The maximum atomic E-state index is 9.18. The number of methoxy groups -OCH3 is 1. The summed E-state index contributed by atoms with van der Waals surface area (Å²) in [5, 5.41) is 9.18. The molecule has 0 N–H and O–H groups in total. The minimum Gasteiger partial charge on any atom is -0.493 e. The Balaban J connectivity index is 1.90. The van der Waals surface area contributed by atoms with Gasteiger partial charge in [-0.25, -0.2) is 0 Å². The van der Waals surface area contributed by atoms with Crippen molar-refractivity contribution in [2.45, 2.75) is 19.6 Å². The van der Waals surface area contributed by atoms with Gasteiger partial charge in [-0.1, -0.05) is 66.7 Å². The normalized spacial score (nSPS) is 10.1. The second-order valence-corrected chi connectivity index (χ2v) is 5.97. The van der Waals surface area contributed by atoms with Gasteiger partial charge in [0.2, 0.25) is 5.75 Å². The fourth-order valence-electron chi connectivity index (χ4n) is 2.72. The van der Waals surface area contributed by atoms with Crippen molar-refractivity contribution in [1.82, 2.24) is 0 Å². The zero-order valence-corrected chi connectivity index (χ0v) is 15.2. The molecule has 0 saturated heterocycles. The van der Waals surface area contributed by atoms with Crippen molar-refractivity contribution in [3.05, 3.63) is 89.5 Å². The first-order valence-electron chi connectivity index (χ1n) is 8.72. The summed E-state index contributed by atoms with van der Waals surface area (Å²) in [5.74, 6) is 1.65. The molecule has 0 radical (unpaired) electrons. The quantitative estimate of drug-likeness (QED) is 0.573. The molecule has 4 nitrogen and oxygen atoms in total. The van der Waals surface area contributed by atoms with E-state index in [2.05, 4.69) is 6.07 Å². The molecule has 0 saturated carbocycles. The van der Waals surface area contributed by atoms with Crippen LogP contribution < -0.4 is 14.2 Å². The number of rotatable bonds is 8. The lowest BCUT2D eigenvalue weighted by Gasteiger charge is -2.18. The maximum Gasteiger partial charge on any atom is 0.204 e. The van der Waals surface area contributed by atoms with Crippen LogP contribution in [0.5, 0.6) is 17.2 Å². The smallest absolute Gasteiger partial charge is 0.204 e. The van der Waals surface area contributed by atoms with E-state index in [1.54, 1.807) is 7.11 Å². The molecular weight excluding hydrogens is 338 g/mol. The van der Waals surface area contributed by atoms with Gasteiger partial charge in [0, 0.05) is 5.56 Å². The standard InChI is InChI=1S/C23H21NO3/c1-25-21-13-12-20(14-15-24)22(26-16-18-8-4-2-5-9-18)23(21)27-17-19-10-6-3-7-11-19/h2-13H,14,16-17H2,1H3. The average molecular weight is 359 g/mol. The molecule has 0 atom stereocenters. The molecule has 0 bridgehead atoms. The van der Waals surface area contributed by atoms with Crippen molar-refractivity contribution in [3.8, 4) is 23.3 Å². The number of hydrogen-bond acceptors (Lipinski definition) is 4. The monoisotopic (exact) mass is 359 g/mol. The van der Waals surface area contributed by atoms with Crippen molar-refractivity contribution in [2.75, 3.05) is 7.11 Å². The molecule has 136 valence electrons. The summed E-state index contributed by atoms with van der Waals surface area (Å²) in [7, 11) is 1.59. The topological polar surface area (TPSA) is 51.5 Å². The van der Waals surface area contributed by atoms with E-state index in [1.807, 2.05) is 72.8 Å². The predicted molar refractivity (Wildman–Crippen MR) is 104 cm³/mol. The highest BCUT2D eigenvalue weighted by Gasteiger charge is 2.18. The third kappa shape index (κ3) is 4.80. The Morgan fingerprint density at radius 1 is 0.741 bits per heavy atom. The molecule has 0 amide bonds. The van der Waals surface area contributed by atoms with Crippen LogP contribution in [0, 0.1) is 11.3 Å². The lowest BCUT2D eigenvalue weighted by Crippen LogP contribution is -2.05. The summed E-state index contributed by atoms with van der Waals surface area (Å²) < 4.78 is 17.6. The van der Waals surface area contributed by atoms with Gasteiger partial charge in [-0.05, 0) is 17.2 Å². The molecule has 0 aliphatic heterocycles. The fraction of sp³-hybridized carbons (Fsp3) is 0.174. The van der Waals surface area contributed by atoms with E-state index in [4.69, 9.17) is 14.2 Å². The summed E-state index contributed by atoms with van der Waals surface area (Å²) >= 11 is 0. The molecule has 0 spiro atoms. The lowest BCUT2D eigenvalue weighted by molar-refractivity contribution is 0.242. The van der Waals surface area contributed by atoms with Gasteiger partial charge in [-0.2, -0.15) is 5.26 Å². The molecular formula is C23H21NO3. The minimum absolute atomic E-state index is 0.232. The maximum absolute atomic E-state index is 9.18. The highest BCUT2D eigenvalue weighted by molar-refractivity contribution is 5.56. The zero-order chi connectivity index (χ0) is 18.9. The van der Waals surface area contributed by atoms with Gasteiger partial charge >= 0.3 is 0 Å². The van der Waals surface area contributed by atoms with E-state index in [-0.39, 0.29) is 6.42 Å². The Kier molecular flexibility index (Phi) is 6.32. The van der Waals surface area contributed by atoms with Crippen LogP contribution in [0.3, 0.4) is 0 Å². The number of nitriles is 1. The Morgan fingerprint density at radius 2 is 1.30 bits per heavy atom. The second kappa shape index (κ2) is 9.30. The van der Waals surface area contributed by atoms with Crippen LogP contribution in [0.25, 0.3) is 0 Å². The molecule has 0 heterocycles. The highest BCUT2D eigenvalue weighted by atomic mass is 16.5. The van der Waals surface area contributed by atoms with Crippen molar-refractivity contribution >= 4 is 0 Å². The number of hydrogen-bond donors (Lipinski definition) is 0. The summed E-state index contributed by atoms with van der Waals surface area (Å²) in [6, 6.07) is 25.6. The lowest BCUT2D eigenvalue weighted by atomic mass is 10.1. The molecule has 4 heteroatoms. The first-order valence-corrected chi connectivity index (χ1v) is 8.72. The number of nitrogens with zero attached hydrogens (tertiary/aromatic N) is 1. The van der Waals surface area contributed by atoms with Gasteiger partial charge < -0.3 is 14.2 Å². The van der Waals surface area contributed by atoms with Gasteiger partial charge in [0.25, 0.3) is 0 Å². The van der Waals surface area contributed by atoms with Gasteiger partial charge in [-0.15, -0.1) is 0 Å². The van der Waals surface area contributed by atoms with Crippen molar-refractivity contribution in [2.24, 2.45) is 0 Å². The third-order valence-corrected chi connectivity index (χ3v) is 4.10. The molecule has 0 unspecified atom stereocenters. The van der Waals surface area contributed by atoms with Crippen LogP contribution in [0.2, 0.25) is 0 Å². The van der Waals surface area contributed by atoms with Crippen LogP contribution in [0.15, 0.2) is 72.8 Å². The van der Waals surface area contributed by atoms with E-state index < -0.39 is 0 Å². The largest absolute Gasteiger partial charge is 0.493 e. The zero-order valence-electron chi connectivity index (χ0n) is 15.2. The van der Waals surface area contributed by atoms with Crippen LogP contribution in [-0.2, 0) is 19.6 Å². The average Bonchev–Trinajstić information content (AvgIpc) is 2.73. The number of benzene rings is 3. The molecule has 3 aromatic carbocycles. The Labute approximate surface area is 159 Å². The molecule has 27 heavy (non-hydrogen) atoms. The van der Waals surface area contributed by atoms with Gasteiger partial charge in [0.1, 0.15) is 13.2 Å². The van der Waals surface area contributed by atoms with Crippen LogP contribution in [-0.4, -0.2) is 7.11 Å². The Bertz CT molecular complexity index is 902. The molecule has 0 aliphatic carbocycles.